The summed E-state index contributed by atoms with van der Waals surface area (Å²) in [6, 6.07) is 17.6. The van der Waals surface area contributed by atoms with Gasteiger partial charge in [0.2, 0.25) is 11.8 Å². The normalized spacial score (nSPS) is 12.3. The first-order chi connectivity index (χ1) is 10.1. The number of Topliss-reactive ketones (excluding diaryl/α,β-unsaturated/α-hetero) is 1. The van der Waals surface area contributed by atoms with Crippen LogP contribution in [-0.2, 0) is 0 Å². The van der Waals surface area contributed by atoms with E-state index in [-0.39, 0.29) is 11.8 Å². The first-order valence-corrected chi connectivity index (χ1v) is 7.64. The quantitative estimate of drug-likeness (QED) is 0.513. The molecule has 0 bridgehead atoms. The Morgan fingerprint density at radius 3 is 2.57 bits per heavy atom. The number of ketones is 1. The van der Waals surface area contributed by atoms with Crippen molar-refractivity contribution in [1.82, 2.24) is 0 Å². The molecular weight excluding hydrogens is 326 g/mol. The lowest BCUT2D eigenvalue weighted by Gasteiger charge is -2.07. The summed E-state index contributed by atoms with van der Waals surface area (Å²) in [6.45, 7) is 1.92. The summed E-state index contributed by atoms with van der Waals surface area (Å²) in [7, 11) is 0. The number of hydrogen-bond acceptors (Lipinski definition) is 1. The Morgan fingerprint density at radius 1 is 1.05 bits per heavy atom. The Hall–Kier alpha value is -2.00. The number of rotatable bonds is 3. The molecule has 1 aromatic heterocycles. The molecule has 0 saturated carbocycles. The lowest BCUT2D eigenvalue weighted by molar-refractivity contribution is -0.705. The van der Waals surface area contributed by atoms with E-state index in [9.17, 15) is 4.79 Å². The third kappa shape index (κ3) is 2.88. The minimum absolute atomic E-state index is 0.115. The van der Waals surface area contributed by atoms with E-state index in [4.69, 9.17) is 0 Å². The van der Waals surface area contributed by atoms with Crippen LogP contribution in [-0.4, -0.2) is 5.78 Å². The topological polar surface area (TPSA) is 20.9 Å². The highest BCUT2D eigenvalue weighted by Gasteiger charge is 2.23. The van der Waals surface area contributed by atoms with E-state index in [0.717, 1.165) is 20.8 Å². The fraction of sp³-hybridized carbons (Fsp3) is 0.111. The van der Waals surface area contributed by atoms with Crippen molar-refractivity contribution in [2.45, 2.75) is 13.0 Å². The van der Waals surface area contributed by atoms with Gasteiger partial charge < -0.3 is 0 Å². The maximum Gasteiger partial charge on any atom is 0.230 e. The Labute approximate surface area is 132 Å². The van der Waals surface area contributed by atoms with Crippen LogP contribution < -0.4 is 4.57 Å². The second-order valence-corrected chi connectivity index (χ2v) is 5.99. The third-order valence-electron chi connectivity index (χ3n) is 3.65. The molecule has 0 amide bonds. The Bertz CT molecular complexity index is 813. The predicted molar refractivity (Wildman–Crippen MR) is 87.3 cm³/mol. The monoisotopic (exact) mass is 340 g/mol. The Kier molecular flexibility index (Phi) is 3.84. The van der Waals surface area contributed by atoms with Gasteiger partial charge >= 0.3 is 0 Å². The van der Waals surface area contributed by atoms with Gasteiger partial charge in [0.15, 0.2) is 12.4 Å². The van der Waals surface area contributed by atoms with Gasteiger partial charge in [-0.05, 0) is 38.8 Å². The van der Waals surface area contributed by atoms with Crippen molar-refractivity contribution >= 4 is 32.5 Å². The molecule has 0 fully saturated rings. The Balaban J connectivity index is 1.96. The Morgan fingerprint density at radius 2 is 1.81 bits per heavy atom. The molecule has 104 valence electrons. The average Bonchev–Trinajstić information content (AvgIpc) is 2.53. The molecular formula is C18H15BrNO+. The number of hydrogen-bond donors (Lipinski definition) is 0. The molecule has 1 heterocycles. The van der Waals surface area contributed by atoms with E-state index in [2.05, 4.69) is 22.0 Å². The summed E-state index contributed by atoms with van der Waals surface area (Å²) in [5, 5.41) is 2.24. The highest BCUT2D eigenvalue weighted by atomic mass is 79.9. The summed E-state index contributed by atoms with van der Waals surface area (Å²) < 4.78 is 2.88. The largest absolute Gasteiger partial charge is 0.287 e. The zero-order valence-electron chi connectivity index (χ0n) is 11.7. The minimum atomic E-state index is -0.233. The van der Waals surface area contributed by atoms with Gasteiger partial charge in [0.1, 0.15) is 0 Å². The van der Waals surface area contributed by atoms with Crippen molar-refractivity contribution in [3.05, 3.63) is 77.0 Å². The highest BCUT2D eigenvalue weighted by Crippen LogP contribution is 2.18. The smallest absolute Gasteiger partial charge is 0.230 e. The zero-order chi connectivity index (χ0) is 14.8. The van der Waals surface area contributed by atoms with E-state index in [0.29, 0.717) is 0 Å². The maximum atomic E-state index is 12.7. The van der Waals surface area contributed by atoms with Crippen molar-refractivity contribution in [2.24, 2.45) is 0 Å². The molecule has 3 heteroatoms. The number of aromatic nitrogens is 1. The van der Waals surface area contributed by atoms with Crippen LogP contribution in [0.3, 0.4) is 0 Å². The molecule has 0 saturated heterocycles. The number of benzene rings is 2. The van der Waals surface area contributed by atoms with Gasteiger partial charge in [-0.15, -0.1) is 0 Å². The SMILES string of the molecule is CC(C(=O)c1ccc2ccccc2c1)[n+]1cccc(Br)c1. The van der Waals surface area contributed by atoms with Crippen LogP contribution in [0.15, 0.2) is 71.5 Å². The molecule has 2 aromatic carbocycles. The van der Waals surface area contributed by atoms with Crippen LogP contribution in [0, 0.1) is 0 Å². The second kappa shape index (κ2) is 5.78. The molecule has 3 aromatic rings. The summed E-state index contributed by atoms with van der Waals surface area (Å²) in [5.41, 5.74) is 0.744. The number of carbonyl (C=O) groups excluding carboxylic acids is 1. The molecule has 0 aliphatic heterocycles. The first kappa shape index (κ1) is 14.0. The van der Waals surface area contributed by atoms with Gasteiger partial charge in [-0.25, -0.2) is 0 Å². The van der Waals surface area contributed by atoms with Gasteiger partial charge in [-0.1, -0.05) is 36.4 Å². The molecule has 0 radical (unpaired) electrons. The van der Waals surface area contributed by atoms with Crippen LogP contribution in [0.1, 0.15) is 23.3 Å². The lowest BCUT2D eigenvalue weighted by Crippen LogP contribution is -2.41. The second-order valence-electron chi connectivity index (χ2n) is 5.07. The van der Waals surface area contributed by atoms with Crippen molar-refractivity contribution in [3.8, 4) is 0 Å². The molecule has 21 heavy (non-hydrogen) atoms. The van der Waals surface area contributed by atoms with E-state index >= 15 is 0 Å². The van der Waals surface area contributed by atoms with E-state index in [1.807, 2.05) is 72.4 Å². The summed E-state index contributed by atoms with van der Waals surface area (Å²) in [5.74, 6) is 0.115. The van der Waals surface area contributed by atoms with Crippen LogP contribution in [0.4, 0.5) is 0 Å². The van der Waals surface area contributed by atoms with Crippen molar-refractivity contribution < 1.29 is 9.36 Å². The standard InChI is InChI=1S/C18H15BrNO/c1-13(20-10-4-7-17(19)12-20)18(21)16-9-8-14-5-2-3-6-15(14)11-16/h2-13H,1H3/q+1. The predicted octanol–water partition coefficient (Wildman–Crippen LogP) is 4.33. The average molecular weight is 341 g/mol. The van der Waals surface area contributed by atoms with E-state index in [1.165, 1.54) is 0 Å². The van der Waals surface area contributed by atoms with Crippen molar-refractivity contribution in [2.75, 3.05) is 0 Å². The van der Waals surface area contributed by atoms with Crippen LogP contribution >= 0.6 is 15.9 Å². The zero-order valence-corrected chi connectivity index (χ0v) is 13.2. The minimum Gasteiger partial charge on any atom is -0.287 e. The number of fused-ring (bicyclic) bond motifs is 1. The fourth-order valence-electron chi connectivity index (χ4n) is 2.42. The summed E-state index contributed by atoms with van der Waals surface area (Å²) in [4.78, 5) is 12.7. The van der Waals surface area contributed by atoms with E-state index < -0.39 is 0 Å². The van der Waals surface area contributed by atoms with Crippen molar-refractivity contribution in [1.29, 1.82) is 0 Å². The molecule has 1 unspecified atom stereocenters. The lowest BCUT2D eigenvalue weighted by atomic mass is 10.0. The molecule has 1 atom stereocenters. The molecule has 2 nitrogen and oxygen atoms in total. The third-order valence-corrected chi connectivity index (χ3v) is 4.12. The van der Waals surface area contributed by atoms with Gasteiger partial charge in [-0.3, -0.25) is 4.79 Å². The number of nitrogens with zero attached hydrogens (tertiary/aromatic N) is 1. The molecule has 0 N–H and O–H groups in total. The molecule has 0 aliphatic rings. The van der Waals surface area contributed by atoms with Crippen LogP contribution in [0.5, 0.6) is 0 Å². The van der Waals surface area contributed by atoms with Crippen LogP contribution in [0.25, 0.3) is 10.8 Å². The molecule has 3 rings (SSSR count). The number of carbonyl (C=O) groups is 1. The summed E-state index contributed by atoms with van der Waals surface area (Å²) >= 11 is 3.44. The highest BCUT2D eigenvalue weighted by molar-refractivity contribution is 9.10. The van der Waals surface area contributed by atoms with Gasteiger partial charge in [0.25, 0.3) is 0 Å². The number of pyridine rings is 1. The molecule has 0 spiro atoms. The van der Waals surface area contributed by atoms with Gasteiger partial charge in [0, 0.05) is 18.6 Å². The van der Waals surface area contributed by atoms with E-state index in [1.54, 1.807) is 0 Å². The van der Waals surface area contributed by atoms with Gasteiger partial charge in [0.05, 0.1) is 4.47 Å². The maximum absolute atomic E-state index is 12.7. The number of halogens is 1. The van der Waals surface area contributed by atoms with Crippen molar-refractivity contribution in [3.63, 3.8) is 0 Å². The first-order valence-electron chi connectivity index (χ1n) is 6.84. The van der Waals surface area contributed by atoms with Crippen LogP contribution in [0.2, 0.25) is 0 Å². The summed E-state index contributed by atoms with van der Waals surface area (Å²) in [6.07, 6.45) is 3.83. The van der Waals surface area contributed by atoms with Gasteiger partial charge in [-0.2, -0.15) is 4.57 Å². The molecule has 0 aliphatic carbocycles. The fourth-order valence-corrected chi connectivity index (χ4v) is 2.81.